The second kappa shape index (κ2) is 5.11. The van der Waals surface area contributed by atoms with E-state index in [4.69, 9.17) is 5.73 Å². The summed E-state index contributed by atoms with van der Waals surface area (Å²) in [4.78, 5) is 12.3. The molecule has 2 rings (SSSR count). The number of carbonyl (C=O) groups is 1. The average Bonchev–Trinajstić information content (AvgIpc) is 2.28. The molecule has 0 radical (unpaired) electrons. The predicted molar refractivity (Wildman–Crippen MR) is 71.4 cm³/mol. The molecule has 0 saturated heterocycles. The van der Waals surface area contributed by atoms with Crippen molar-refractivity contribution in [1.29, 1.82) is 0 Å². The van der Waals surface area contributed by atoms with E-state index >= 15 is 0 Å². The summed E-state index contributed by atoms with van der Waals surface area (Å²) in [6.45, 7) is 2.16. The van der Waals surface area contributed by atoms with Crippen LogP contribution in [0.3, 0.4) is 0 Å². The highest BCUT2D eigenvalue weighted by molar-refractivity contribution is 5.90. The van der Waals surface area contributed by atoms with Crippen LogP contribution in [0.15, 0.2) is 24.3 Å². The highest BCUT2D eigenvalue weighted by Crippen LogP contribution is 2.32. The van der Waals surface area contributed by atoms with E-state index in [0.29, 0.717) is 12.3 Å². The van der Waals surface area contributed by atoms with Gasteiger partial charge in [0, 0.05) is 6.42 Å². The Bertz CT molecular complexity index is 444. The van der Waals surface area contributed by atoms with Gasteiger partial charge in [-0.3, -0.25) is 4.79 Å². The Morgan fingerprint density at radius 3 is 3.00 bits per heavy atom. The molecule has 1 saturated carbocycles. The van der Waals surface area contributed by atoms with Crippen LogP contribution in [0.4, 0.5) is 0 Å². The van der Waals surface area contributed by atoms with Crippen molar-refractivity contribution in [3.63, 3.8) is 0 Å². The first-order valence-corrected chi connectivity index (χ1v) is 6.60. The van der Waals surface area contributed by atoms with E-state index in [2.05, 4.69) is 6.92 Å². The molecule has 98 valence electrons. The van der Waals surface area contributed by atoms with Crippen LogP contribution >= 0.6 is 0 Å². The first-order chi connectivity index (χ1) is 8.49. The van der Waals surface area contributed by atoms with Crippen LogP contribution < -0.4 is 5.73 Å². The highest BCUT2D eigenvalue weighted by atomic mass is 16.3. The van der Waals surface area contributed by atoms with Crippen molar-refractivity contribution in [3.05, 3.63) is 29.8 Å². The third-order valence-electron chi connectivity index (χ3n) is 3.86. The van der Waals surface area contributed by atoms with Gasteiger partial charge in [0.15, 0.2) is 5.78 Å². The lowest BCUT2D eigenvalue weighted by Crippen LogP contribution is -2.51. The third-order valence-corrected chi connectivity index (χ3v) is 3.86. The number of hydrogen-bond donors (Lipinski definition) is 2. The fraction of sp³-hybridized carbons (Fsp3) is 0.533. The monoisotopic (exact) mass is 247 g/mol. The summed E-state index contributed by atoms with van der Waals surface area (Å²) >= 11 is 0. The molecule has 0 bridgehead atoms. The van der Waals surface area contributed by atoms with Gasteiger partial charge in [-0.05, 0) is 36.5 Å². The number of phenols is 1. The number of Topliss-reactive ketones (excluding diaryl/α,β-unsaturated/α-hetero) is 1. The molecule has 3 N–H and O–H groups in total. The zero-order chi connectivity index (χ0) is 13.2. The molecule has 3 nitrogen and oxygen atoms in total. The van der Waals surface area contributed by atoms with E-state index in [0.717, 1.165) is 24.8 Å². The van der Waals surface area contributed by atoms with E-state index < -0.39 is 5.54 Å². The predicted octanol–water partition coefficient (Wildman–Crippen LogP) is 2.41. The Labute approximate surface area is 108 Å². The van der Waals surface area contributed by atoms with E-state index in [1.54, 1.807) is 18.2 Å². The van der Waals surface area contributed by atoms with E-state index in [1.807, 2.05) is 6.07 Å². The molecule has 0 heterocycles. The molecule has 3 heteroatoms. The van der Waals surface area contributed by atoms with Gasteiger partial charge in [-0.15, -0.1) is 0 Å². The van der Waals surface area contributed by atoms with Crippen LogP contribution in [-0.2, 0) is 11.2 Å². The molecule has 1 aromatic carbocycles. The fourth-order valence-corrected chi connectivity index (χ4v) is 2.87. The van der Waals surface area contributed by atoms with Gasteiger partial charge in [0.1, 0.15) is 5.75 Å². The van der Waals surface area contributed by atoms with Crippen LogP contribution in [0, 0.1) is 5.92 Å². The fourth-order valence-electron chi connectivity index (χ4n) is 2.87. The van der Waals surface area contributed by atoms with E-state index in [-0.39, 0.29) is 11.5 Å². The minimum absolute atomic E-state index is 0.0969. The smallest absolute Gasteiger partial charge is 0.157 e. The Kier molecular flexibility index (Phi) is 3.71. The Morgan fingerprint density at radius 1 is 1.56 bits per heavy atom. The molecule has 2 unspecified atom stereocenters. The molecule has 0 amide bonds. The number of phenolic OH excluding ortho intramolecular Hbond substituents is 1. The molecule has 0 aromatic heterocycles. The summed E-state index contributed by atoms with van der Waals surface area (Å²) in [5.41, 5.74) is 6.44. The zero-order valence-electron chi connectivity index (χ0n) is 10.9. The van der Waals surface area contributed by atoms with Crippen LogP contribution in [0.2, 0.25) is 0 Å². The van der Waals surface area contributed by atoms with Crippen molar-refractivity contribution in [1.82, 2.24) is 0 Å². The van der Waals surface area contributed by atoms with Gasteiger partial charge >= 0.3 is 0 Å². The molecular formula is C15H21NO2. The standard InChI is InChI=1S/C15H21NO2/c1-11-4-3-7-15(16,10-11)14(18)9-12-5-2-6-13(17)8-12/h2,5-6,8,11,17H,3-4,7,9-10,16H2,1H3. The quantitative estimate of drug-likeness (QED) is 0.862. The topological polar surface area (TPSA) is 63.3 Å². The number of ketones is 1. The molecule has 0 aliphatic heterocycles. The summed E-state index contributed by atoms with van der Waals surface area (Å²) in [5, 5.41) is 9.40. The minimum Gasteiger partial charge on any atom is -0.508 e. The summed E-state index contributed by atoms with van der Waals surface area (Å²) in [5.74, 6) is 0.819. The molecule has 18 heavy (non-hydrogen) atoms. The van der Waals surface area contributed by atoms with E-state index in [1.165, 1.54) is 6.42 Å². The van der Waals surface area contributed by atoms with Crippen molar-refractivity contribution in [3.8, 4) is 5.75 Å². The van der Waals surface area contributed by atoms with Crippen LogP contribution in [0.1, 0.15) is 38.2 Å². The van der Waals surface area contributed by atoms with Gasteiger partial charge in [0.2, 0.25) is 0 Å². The van der Waals surface area contributed by atoms with E-state index in [9.17, 15) is 9.90 Å². The Hall–Kier alpha value is -1.35. The van der Waals surface area contributed by atoms with Crippen molar-refractivity contribution in [2.45, 2.75) is 44.6 Å². The number of rotatable bonds is 3. The maximum atomic E-state index is 12.3. The molecular weight excluding hydrogens is 226 g/mol. The second-order valence-corrected chi connectivity index (χ2v) is 5.63. The second-order valence-electron chi connectivity index (χ2n) is 5.63. The molecule has 1 aliphatic carbocycles. The molecule has 1 fully saturated rings. The van der Waals surface area contributed by atoms with Gasteiger partial charge in [-0.1, -0.05) is 31.9 Å². The average molecular weight is 247 g/mol. The largest absolute Gasteiger partial charge is 0.508 e. The van der Waals surface area contributed by atoms with Crippen LogP contribution in [0.25, 0.3) is 0 Å². The third kappa shape index (κ3) is 2.91. The first kappa shape index (κ1) is 13.1. The summed E-state index contributed by atoms with van der Waals surface area (Å²) in [6.07, 6.45) is 4.08. The molecule has 2 atom stereocenters. The molecule has 1 aliphatic rings. The van der Waals surface area contributed by atoms with Gasteiger partial charge < -0.3 is 10.8 Å². The number of benzene rings is 1. The maximum Gasteiger partial charge on any atom is 0.157 e. The van der Waals surface area contributed by atoms with Crippen molar-refractivity contribution >= 4 is 5.78 Å². The Balaban J connectivity index is 2.07. The highest BCUT2D eigenvalue weighted by Gasteiger charge is 2.37. The first-order valence-electron chi connectivity index (χ1n) is 6.60. The SMILES string of the molecule is CC1CCCC(N)(C(=O)Cc2cccc(O)c2)C1. The number of hydrogen-bond acceptors (Lipinski definition) is 3. The normalized spacial score (nSPS) is 28.0. The molecule has 1 aromatic rings. The molecule has 0 spiro atoms. The Morgan fingerprint density at radius 2 is 2.33 bits per heavy atom. The summed E-state index contributed by atoms with van der Waals surface area (Å²) in [6, 6.07) is 6.85. The number of nitrogens with two attached hydrogens (primary N) is 1. The lowest BCUT2D eigenvalue weighted by atomic mass is 9.73. The van der Waals surface area contributed by atoms with Crippen LogP contribution in [-0.4, -0.2) is 16.4 Å². The zero-order valence-corrected chi connectivity index (χ0v) is 10.9. The van der Waals surface area contributed by atoms with Gasteiger partial charge in [-0.25, -0.2) is 0 Å². The van der Waals surface area contributed by atoms with Crippen molar-refractivity contribution in [2.75, 3.05) is 0 Å². The summed E-state index contributed by atoms with van der Waals surface area (Å²) < 4.78 is 0. The maximum absolute atomic E-state index is 12.3. The minimum atomic E-state index is -0.664. The number of aromatic hydroxyl groups is 1. The van der Waals surface area contributed by atoms with Crippen molar-refractivity contribution < 1.29 is 9.90 Å². The van der Waals surface area contributed by atoms with Gasteiger partial charge in [0.05, 0.1) is 5.54 Å². The summed E-state index contributed by atoms with van der Waals surface area (Å²) in [7, 11) is 0. The van der Waals surface area contributed by atoms with Crippen molar-refractivity contribution in [2.24, 2.45) is 11.7 Å². The lowest BCUT2D eigenvalue weighted by Gasteiger charge is -2.35. The lowest BCUT2D eigenvalue weighted by molar-refractivity contribution is -0.125. The van der Waals surface area contributed by atoms with Gasteiger partial charge in [0.25, 0.3) is 0 Å². The number of carbonyl (C=O) groups excluding carboxylic acids is 1. The van der Waals surface area contributed by atoms with Crippen LogP contribution in [0.5, 0.6) is 5.75 Å². The van der Waals surface area contributed by atoms with Gasteiger partial charge in [-0.2, -0.15) is 0 Å².